The number of methoxy groups -OCH3 is 2. The molecule has 5 heterocycles. The first kappa shape index (κ1) is 62.7. The van der Waals surface area contributed by atoms with Gasteiger partial charge in [-0.15, -0.1) is 0 Å². The molecular formula is C72H70N8O9S. The van der Waals surface area contributed by atoms with Crippen LogP contribution in [0.2, 0.25) is 0 Å². The van der Waals surface area contributed by atoms with Crippen LogP contribution in [0.3, 0.4) is 0 Å². The predicted molar refractivity (Wildman–Crippen MR) is 346 cm³/mol. The molecule has 0 radical (unpaired) electrons. The molecule has 0 bridgehead atoms. The lowest BCUT2D eigenvalue weighted by Crippen LogP contribution is -2.45. The van der Waals surface area contributed by atoms with E-state index in [4.69, 9.17) is 23.7 Å². The Morgan fingerprint density at radius 1 is 0.622 bits per heavy atom. The van der Waals surface area contributed by atoms with Gasteiger partial charge >= 0.3 is 6.09 Å². The van der Waals surface area contributed by atoms with Crippen LogP contribution < -0.4 is 24.3 Å². The number of fused-ring (bicyclic) bond motifs is 2. The van der Waals surface area contributed by atoms with Gasteiger partial charge in [0.15, 0.2) is 23.0 Å². The summed E-state index contributed by atoms with van der Waals surface area (Å²) in [6.45, 7) is 7.32. The number of sulfone groups is 1. The number of hydrogen-bond donors (Lipinski definition) is 1. The summed E-state index contributed by atoms with van der Waals surface area (Å²) >= 11 is 0. The highest BCUT2D eigenvalue weighted by Gasteiger charge is 2.40. The summed E-state index contributed by atoms with van der Waals surface area (Å²) in [4.78, 5) is 33.9. The van der Waals surface area contributed by atoms with Crippen molar-refractivity contribution < 1.29 is 41.7 Å². The van der Waals surface area contributed by atoms with E-state index in [1.165, 1.54) is 27.8 Å². The van der Waals surface area contributed by atoms with Crippen LogP contribution in [0.5, 0.6) is 23.0 Å². The zero-order chi connectivity index (χ0) is 62.9. The maximum absolute atomic E-state index is 13.9. The number of tetrazole rings is 1. The Labute approximate surface area is 524 Å². The van der Waals surface area contributed by atoms with Crippen molar-refractivity contribution in [3.05, 3.63) is 263 Å². The molecule has 0 saturated carbocycles. The summed E-state index contributed by atoms with van der Waals surface area (Å²) in [6, 6.07) is 63.4. The maximum Gasteiger partial charge on any atom is 0.410 e. The van der Waals surface area contributed by atoms with Gasteiger partial charge in [0, 0.05) is 42.2 Å². The molecule has 2 aliphatic heterocycles. The van der Waals surface area contributed by atoms with E-state index >= 15 is 0 Å². The molecular weight excluding hydrogens is 1150 g/mol. The Morgan fingerprint density at radius 2 is 1.14 bits per heavy atom. The molecule has 458 valence electrons. The van der Waals surface area contributed by atoms with Gasteiger partial charge < -0.3 is 29.0 Å². The molecule has 18 heteroatoms. The number of pyridine rings is 2. The van der Waals surface area contributed by atoms with Gasteiger partial charge in [-0.05, 0) is 144 Å². The van der Waals surface area contributed by atoms with Gasteiger partial charge in [-0.2, -0.15) is 4.68 Å². The molecule has 2 aliphatic rings. The van der Waals surface area contributed by atoms with Crippen LogP contribution in [-0.2, 0) is 40.6 Å². The summed E-state index contributed by atoms with van der Waals surface area (Å²) in [6.07, 6.45) is 9.62. The van der Waals surface area contributed by atoms with E-state index in [0.29, 0.717) is 47.9 Å². The first-order chi connectivity index (χ1) is 43.7. The second-order valence-electron chi connectivity index (χ2n) is 22.2. The van der Waals surface area contributed by atoms with E-state index in [-0.39, 0.29) is 17.7 Å². The Morgan fingerprint density at radius 3 is 1.67 bits per heavy atom. The fraction of sp³-hybridized carbons (Fsp3) is 0.208. The number of benzene rings is 7. The summed E-state index contributed by atoms with van der Waals surface area (Å²) in [5.41, 5.74) is 11.7. The number of aldehydes is 1. The maximum atomic E-state index is 13.9. The lowest BCUT2D eigenvalue weighted by Gasteiger charge is -2.38. The molecule has 12 rings (SSSR count). The van der Waals surface area contributed by atoms with Crippen molar-refractivity contribution in [1.82, 2.24) is 40.4 Å². The zero-order valence-electron chi connectivity index (χ0n) is 50.8. The molecule has 2 atom stereocenters. The first-order valence-corrected chi connectivity index (χ1v) is 31.1. The van der Waals surface area contributed by atoms with Crippen molar-refractivity contribution in [1.29, 1.82) is 0 Å². The second kappa shape index (κ2) is 29.6. The van der Waals surface area contributed by atoms with Crippen molar-refractivity contribution >= 4 is 28.3 Å². The van der Waals surface area contributed by atoms with Gasteiger partial charge in [-0.1, -0.05) is 157 Å². The molecule has 10 aromatic rings. The number of aromatic nitrogens is 6. The number of hydrogen-bond acceptors (Lipinski definition) is 15. The van der Waals surface area contributed by atoms with Crippen LogP contribution in [0.1, 0.15) is 82.2 Å². The highest BCUT2D eigenvalue weighted by Crippen LogP contribution is 2.41. The Kier molecular flexibility index (Phi) is 20.6. The molecule has 1 N–H and O–H groups in total. The minimum atomic E-state index is -4.12. The molecule has 90 heavy (non-hydrogen) atoms. The Bertz CT molecular complexity index is 4120. The van der Waals surface area contributed by atoms with Crippen LogP contribution in [0.25, 0.3) is 34.3 Å². The molecule has 0 saturated heterocycles. The number of ether oxygens (including phenoxy) is 5. The Hall–Kier alpha value is -10.3. The summed E-state index contributed by atoms with van der Waals surface area (Å²) in [7, 11) is -0.904. The average Bonchev–Trinajstić information content (AvgIpc) is 1.11. The third kappa shape index (κ3) is 16.3. The molecule has 3 aromatic heterocycles. The monoisotopic (exact) mass is 1220 g/mol. The smallest absolute Gasteiger partial charge is 0.410 e. The van der Waals surface area contributed by atoms with E-state index < -0.39 is 33.3 Å². The molecule has 0 aliphatic carbocycles. The van der Waals surface area contributed by atoms with Crippen LogP contribution in [0.4, 0.5) is 4.79 Å². The largest absolute Gasteiger partial charge is 0.493 e. The number of para-hydroxylation sites is 1. The van der Waals surface area contributed by atoms with E-state index in [0.717, 1.165) is 75.5 Å². The van der Waals surface area contributed by atoms with Gasteiger partial charge in [0.2, 0.25) is 9.84 Å². The highest BCUT2D eigenvalue weighted by atomic mass is 32.2. The van der Waals surface area contributed by atoms with Gasteiger partial charge in [0.1, 0.15) is 25.1 Å². The van der Waals surface area contributed by atoms with Gasteiger partial charge in [-0.25, -0.2) is 13.2 Å². The molecule has 1 amide bonds. The summed E-state index contributed by atoms with van der Waals surface area (Å²) < 4.78 is 58.2. The fourth-order valence-electron chi connectivity index (χ4n) is 10.4. The average molecular weight is 1220 g/mol. The number of carbonyl (C=O) groups excluding carboxylic acids is 2. The standard InChI is InChI=1S/C30H33N5O6S.C30H28N2O2.C12H9NO/c1-30(2,3)41-29(36)34-16-15-22-17-27(40-19-21-11-7-5-8-12-21)26(39-4)18-24(22)25(34)20-42(37,38)28-31-32-33-35(28)23-13-9-6-10-14-23;1-33-29-20-26-25(19-30(29)34-21-23-7-3-2-4-8-23)16-18-32-28(26)15-12-22-10-13-24(14-11-22)27-9-5-6-17-31-27;14-9-10-4-6-11(7-5-10)12-3-1-2-8-13-12/h5-14,17-18,25H,15-16,19-20H2,1-4H3;2-15,17,19-20,28,32H,16,18,21H2,1H3;1-9H/b;15-12+;. The van der Waals surface area contributed by atoms with Crippen molar-refractivity contribution in [3.8, 4) is 51.2 Å². The molecule has 0 fully saturated rings. The number of rotatable bonds is 17. The summed E-state index contributed by atoms with van der Waals surface area (Å²) in [5, 5.41) is 14.7. The molecule has 7 aromatic carbocycles. The number of nitrogens with one attached hydrogen (secondary N) is 1. The van der Waals surface area contributed by atoms with Crippen molar-refractivity contribution in [2.75, 3.05) is 33.1 Å². The number of carbonyl (C=O) groups is 2. The van der Waals surface area contributed by atoms with Gasteiger partial charge in [0.05, 0.1) is 49.1 Å². The van der Waals surface area contributed by atoms with E-state index in [1.807, 2.05) is 115 Å². The minimum Gasteiger partial charge on any atom is -0.493 e. The van der Waals surface area contributed by atoms with Crippen molar-refractivity contribution in [2.24, 2.45) is 0 Å². The topological polar surface area (TPSA) is 199 Å². The third-order valence-electron chi connectivity index (χ3n) is 14.9. The van der Waals surface area contributed by atoms with Gasteiger partial charge in [-0.3, -0.25) is 19.7 Å². The van der Waals surface area contributed by atoms with Crippen LogP contribution in [0.15, 0.2) is 224 Å². The Balaban J connectivity index is 0.000000165. The van der Waals surface area contributed by atoms with Gasteiger partial charge in [0.25, 0.3) is 5.16 Å². The van der Waals surface area contributed by atoms with E-state index in [2.05, 4.69) is 91.5 Å². The van der Waals surface area contributed by atoms with Crippen LogP contribution >= 0.6 is 0 Å². The quantitative estimate of drug-likeness (QED) is 0.0844. The first-order valence-electron chi connectivity index (χ1n) is 29.5. The van der Waals surface area contributed by atoms with Crippen LogP contribution in [0, 0.1) is 0 Å². The van der Waals surface area contributed by atoms with E-state index in [1.54, 1.807) is 76.5 Å². The third-order valence-corrected chi connectivity index (χ3v) is 16.4. The molecule has 2 unspecified atom stereocenters. The second-order valence-corrected chi connectivity index (χ2v) is 24.1. The molecule has 0 spiro atoms. The van der Waals surface area contributed by atoms with E-state index in [9.17, 15) is 18.0 Å². The fourth-order valence-corrected chi connectivity index (χ4v) is 11.9. The van der Waals surface area contributed by atoms with Crippen molar-refractivity contribution in [3.63, 3.8) is 0 Å². The number of amides is 1. The SMILES string of the molecule is COc1cc2c(cc1OCc1ccccc1)CCN(C(=O)OC(C)(C)C)C2CS(=O)(=O)c1nnnn1-c1ccccc1.COc1cc2c(cc1OCc1ccccc1)CCNC2/C=C/c1ccc(-c2ccccn2)cc1.O=Cc1ccc(-c2ccccn2)cc1. The zero-order valence-corrected chi connectivity index (χ0v) is 51.6. The highest BCUT2D eigenvalue weighted by molar-refractivity contribution is 7.91. The van der Waals surface area contributed by atoms with Crippen LogP contribution in [-0.4, -0.2) is 94.5 Å². The number of nitrogens with zero attached hydrogens (tertiary/aromatic N) is 7. The lowest BCUT2D eigenvalue weighted by atomic mass is 9.93. The lowest BCUT2D eigenvalue weighted by molar-refractivity contribution is 0.0162. The van der Waals surface area contributed by atoms with Crippen molar-refractivity contribution in [2.45, 2.75) is 69.7 Å². The predicted octanol–water partition coefficient (Wildman–Crippen LogP) is 13.4. The summed E-state index contributed by atoms with van der Waals surface area (Å²) in [5.74, 6) is 2.03. The minimum absolute atomic E-state index is 0.122. The normalized spacial score (nSPS) is 14.3. The molecule has 17 nitrogen and oxygen atoms in total.